The van der Waals surface area contributed by atoms with E-state index in [-0.39, 0.29) is 0 Å². The van der Waals surface area contributed by atoms with E-state index >= 15 is 0 Å². The van der Waals surface area contributed by atoms with Gasteiger partial charge in [0.05, 0.1) is 10.6 Å². The van der Waals surface area contributed by atoms with Crippen LogP contribution in [-0.4, -0.2) is 20.0 Å². The Balaban J connectivity index is 1.56. The molecule has 4 rings (SSSR count). The topological polar surface area (TPSA) is 56.7 Å². The van der Waals surface area contributed by atoms with Crippen LogP contribution in [0.4, 0.5) is 0 Å². The van der Waals surface area contributed by atoms with Crippen molar-refractivity contribution in [1.82, 2.24) is 20.0 Å². The van der Waals surface area contributed by atoms with Crippen LogP contribution in [0, 0.1) is 5.92 Å². The molecule has 0 N–H and O–H groups in total. The molecule has 118 valence electrons. The molecule has 0 amide bonds. The van der Waals surface area contributed by atoms with Crippen molar-refractivity contribution >= 4 is 23.5 Å². The van der Waals surface area contributed by atoms with E-state index in [2.05, 4.69) is 28.3 Å². The molecule has 5 nitrogen and oxygen atoms in total. The van der Waals surface area contributed by atoms with Crippen LogP contribution in [0.3, 0.4) is 0 Å². The van der Waals surface area contributed by atoms with Gasteiger partial charge in [-0.3, -0.25) is 4.68 Å². The zero-order valence-corrected chi connectivity index (χ0v) is 14.0. The fourth-order valence-electron chi connectivity index (χ4n) is 2.92. The highest BCUT2D eigenvalue weighted by Gasteiger charge is 2.20. The Morgan fingerprint density at radius 3 is 3.09 bits per heavy atom. The summed E-state index contributed by atoms with van der Waals surface area (Å²) in [6.07, 6.45) is 9.11. The van der Waals surface area contributed by atoms with Gasteiger partial charge in [0, 0.05) is 24.2 Å². The third-order valence-electron chi connectivity index (χ3n) is 4.24. The van der Waals surface area contributed by atoms with Crippen LogP contribution in [0.5, 0.6) is 0 Å². The predicted octanol–water partition coefficient (Wildman–Crippen LogP) is 3.83. The minimum atomic E-state index is 0.515. The molecule has 0 spiro atoms. The summed E-state index contributed by atoms with van der Waals surface area (Å²) in [6.45, 7) is 2.31. The Bertz CT molecular complexity index is 858. The zero-order valence-electron chi connectivity index (χ0n) is 13.2. The second-order valence-corrected chi connectivity index (χ2v) is 7.20. The third kappa shape index (κ3) is 2.86. The van der Waals surface area contributed by atoms with E-state index in [9.17, 15) is 0 Å². The highest BCUT2D eigenvalue weighted by molar-refractivity contribution is 7.15. The maximum atomic E-state index is 5.78. The summed E-state index contributed by atoms with van der Waals surface area (Å²) >= 11 is 1.79. The average Bonchev–Trinajstić information content (AvgIpc) is 3.23. The average molecular weight is 326 g/mol. The Morgan fingerprint density at radius 1 is 1.35 bits per heavy atom. The fraction of sp³-hybridized carbons (Fsp3) is 0.353. The molecule has 1 aliphatic rings. The van der Waals surface area contributed by atoms with E-state index in [0.717, 1.165) is 22.9 Å². The van der Waals surface area contributed by atoms with Crippen molar-refractivity contribution in [3.05, 3.63) is 40.4 Å². The van der Waals surface area contributed by atoms with E-state index in [0.29, 0.717) is 11.8 Å². The number of hydrogen-bond acceptors (Lipinski definition) is 5. The van der Waals surface area contributed by atoms with Crippen molar-refractivity contribution in [3.8, 4) is 10.8 Å². The number of nitrogens with zero attached hydrogens (tertiary/aromatic N) is 4. The van der Waals surface area contributed by atoms with Crippen LogP contribution in [-0.2, 0) is 19.9 Å². The third-order valence-corrected chi connectivity index (χ3v) is 5.46. The molecule has 0 bridgehead atoms. The van der Waals surface area contributed by atoms with E-state index < -0.39 is 0 Å². The number of rotatable bonds is 3. The highest BCUT2D eigenvalue weighted by Crippen LogP contribution is 2.36. The lowest BCUT2D eigenvalue weighted by atomic mass is 9.90. The van der Waals surface area contributed by atoms with Crippen LogP contribution < -0.4 is 0 Å². The lowest BCUT2D eigenvalue weighted by Crippen LogP contribution is -2.07. The molecule has 1 atom stereocenters. The zero-order chi connectivity index (χ0) is 15.8. The van der Waals surface area contributed by atoms with E-state index in [1.807, 2.05) is 25.3 Å². The quantitative estimate of drug-likeness (QED) is 0.734. The van der Waals surface area contributed by atoms with Crippen molar-refractivity contribution in [3.63, 3.8) is 0 Å². The van der Waals surface area contributed by atoms with Gasteiger partial charge in [0.15, 0.2) is 0 Å². The summed E-state index contributed by atoms with van der Waals surface area (Å²) in [5.74, 6) is 1.90. The van der Waals surface area contributed by atoms with Gasteiger partial charge in [-0.25, -0.2) is 0 Å². The second kappa shape index (κ2) is 5.77. The maximum absolute atomic E-state index is 5.78. The smallest absolute Gasteiger partial charge is 0.258 e. The molecule has 0 fully saturated rings. The lowest BCUT2D eigenvalue weighted by Gasteiger charge is -2.16. The van der Waals surface area contributed by atoms with Crippen LogP contribution >= 0.6 is 11.3 Å². The largest absolute Gasteiger partial charge is 0.416 e. The first-order valence-corrected chi connectivity index (χ1v) is 8.62. The first-order chi connectivity index (χ1) is 11.2. The minimum absolute atomic E-state index is 0.515. The van der Waals surface area contributed by atoms with Gasteiger partial charge in [-0.1, -0.05) is 6.92 Å². The van der Waals surface area contributed by atoms with Gasteiger partial charge in [0.25, 0.3) is 5.89 Å². The summed E-state index contributed by atoms with van der Waals surface area (Å²) < 4.78 is 7.58. The summed E-state index contributed by atoms with van der Waals surface area (Å²) in [4.78, 5) is 2.56. The minimum Gasteiger partial charge on any atom is -0.416 e. The van der Waals surface area contributed by atoms with Gasteiger partial charge >= 0.3 is 0 Å². The number of thiophene rings is 1. The van der Waals surface area contributed by atoms with Crippen molar-refractivity contribution in [2.24, 2.45) is 13.0 Å². The molecule has 23 heavy (non-hydrogen) atoms. The maximum Gasteiger partial charge on any atom is 0.258 e. The SMILES string of the molecule is CC1CCc2sc(-c3nnc(/C=C/c4ccnn4C)o3)cc2C1. The first kappa shape index (κ1) is 14.4. The van der Waals surface area contributed by atoms with Gasteiger partial charge in [-0.2, -0.15) is 5.10 Å². The van der Waals surface area contributed by atoms with Gasteiger partial charge in [0.1, 0.15) is 0 Å². The molecule has 3 aromatic heterocycles. The molecule has 1 aliphatic carbocycles. The van der Waals surface area contributed by atoms with Crippen molar-refractivity contribution < 1.29 is 4.42 Å². The van der Waals surface area contributed by atoms with E-state index in [1.54, 1.807) is 22.2 Å². The van der Waals surface area contributed by atoms with Crippen LogP contribution in [0.15, 0.2) is 22.7 Å². The number of fused-ring (bicyclic) bond motifs is 1. The Morgan fingerprint density at radius 2 is 2.26 bits per heavy atom. The molecule has 6 heteroatoms. The number of aryl methyl sites for hydroxylation is 2. The Labute approximate surface area is 138 Å². The highest BCUT2D eigenvalue weighted by atomic mass is 32.1. The second-order valence-electron chi connectivity index (χ2n) is 6.07. The van der Waals surface area contributed by atoms with Gasteiger partial charge in [0.2, 0.25) is 5.89 Å². The molecule has 0 aliphatic heterocycles. The summed E-state index contributed by atoms with van der Waals surface area (Å²) in [6, 6.07) is 4.15. The Kier molecular flexibility index (Phi) is 3.61. The van der Waals surface area contributed by atoms with Crippen LogP contribution in [0.2, 0.25) is 0 Å². The normalized spacial score (nSPS) is 17.7. The first-order valence-electron chi connectivity index (χ1n) is 7.80. The van der Waals surface area contributed by atoms with Crippen LogP contribution in [0.1, 0.15) is 35.4 Å². The van der Waals surface area contributed by atoms with Gasteiger partial charge in [-0.15, -0.1) is 21.5 Å². The van der Waals surface area contributed by atoms with E-state index in [4.69, 9.17) is 4.42 Å². The molecule has 0 saturated heterocycles. The molecule has 0 radical (unpaired) electrons. The van der Waals surface area contributed by atoms with Crippen molar-refractivity contribution in [2.45, 2.75) is 26.2 Å². The summed E-state index contributed by atoms with van der Waals surface area (Å²) in [7, 11) is 1.90. The molecular formula is C17H18N4OS. The fourth-order valence-corrected chi connectivity index (χ4v) is 4.05. The van der Waals surface area contributed by atoms with Crippen LogP contribution in [0.25, 0.3) is 22.9 Å². The Hall–Kier alpha value is -2.21. The van der Waals surface area contributed by atoms with Gasteiger partial charge in [-0.05, 0) is 49.0 Å². The molecular weight excluding hydrogens is 308 g/mol. The number of aromatic nitrogens is 4. The molecule has 1 unspecified atom stereocenters. The van der Waals surface area contributed by atoms with Gasteiger partial charge < -0.3 is 4.42 Å². The predicted molar refractivity (Wildman–Crippen MR) is 90.9 cm³/mol. The standard InChI is InChI=1S/C17H18N4OS/c1-11-3-5-14-12(9-11)10-15(23-14)17-20-19-16(22-17)6-4-13-7-8-18-21(13)2/h4,6-8,10-11H,3,5,9H2,1-2H3/b6-4+. The molecule has 3 aromatic rings. The lowest BCUT2D eigenvalue weighted by molar-refractivity contribution is 0.506. The van der Waals surface area contributed by atoms with Crippen molar-refractivity contribution in [1.29, 1.82) is 0 Å². The van der Waals surface area contributed by atoms with E-state index in [1.165, 1.54) is 23.3 Å². The molecule has 3 heterocycles. The monoisotopic (exact) mass is 326 g/mol. The molecule has 0 saturated carbocycles. The summed E-state index contributed by atoms with van der Waals surface area (Å²) in [5.41, 5.74) is 2.44. The molecule has 0 aromatic carbocycles. The van der Waals surface area contributed by atoms with Crippen molar-refractivity contribution in [2.75, 3.05) is 0 Å². The summed E-state index contributed by atoms with van der Waals surface area (Å²) in [5, 5.41) is 12.4. The number of hydrogen-bond donors (Lipinski definition) is 0.